The summed E-state index contributed by atoms with van der Waals surface area (Å²) in [7, 11) is 0. The van der Waals surface area contributed by atoms with Crippen LogP contribution in [-0.4, -0.2) is 60.1 Å². The van der Waals surface area contributed by atoms with Gasteiger partial charge in [0, 0.05) is 18.5 Å². The maximum atomic E-state index is 12.4. The van der Waals surface area contributed by atoms with Crippen molar-refractivity contribution >= 4 is 23.6 Å². The summed E-state index contributed by atoms with van der Waals surface area (Å²) >= 11 is 0. The minimum Gasteiger partial charge on any atom is -0.480 e. The summed E-state index contributed by atoms with van der Waals surface area (Å²) in [6, 6.07) is 5.70. The molecule has 2 atom stereocenters. The first kappa shape index (κ1) is 26.1. The summed E-state index contributed by atoms with van der Waals surface area (Å²) in [4.78, 5) is 47.0. The van der Waals surface area contributed by atoms with Crippen LogP contribution in [-0.2, 0) is 19.1 Å². The van der Waals surface area contributed by atoms with Crippen LogP contribution in [0.2, 0.25) is 0 Å². The van der Waals surface area contributed by atoms with Crippen LogP contribution in [0.1, 0.15) is 43.0 Å². The molecule has 11 heteroatoms. The number of ketones is 1. The highest BCUT2D eigenvalue weighted by Gasteiger charge is 2.38. The molecule has 0 bridgehead atoms. The zero-order chi connectivity index (χ0) is 23.4. The molecule has 0 radical (unpaired) electrons. The van der Waals surface area contributed by atoms with Crippen molar-refractivity contribution in [2.45, 2.75) is 50.9 Å². The molecule has 0 saturated carbocycles. The molecule has 0 unspecified atom stereocenters. The van der Waals surface area contributed by atoms with Gasteiger partial charge in [-0.25, -0.2) is 0 Å². The molecule has 8 nitrogen and oxygen atoms in total. The Balaban J connectivity index is 2.68. The summed E-state index contributed by atoms with van der Waals surface area (Å²) in [6.45, 7) is 1.32. The number of Topliss-reactive ketones (excluding diaryl/α,β-unsaturated/α-hetero) is 1. The summed E-state index contributed by atoms with van der Waals surface area (Å²) in [5, 5.41) is 13.7. The molecule has 0 saturated heterocycles. The van der Waals surface area contributed by atoms with Crippen LogP contribution >= 0.6 is 0 Å². The molecular formula is C20H25F3N2O6. The standard InChI is InChI=1S/C20H25F3N2O6/c1-2-31-18(29)15(12-16(26)13-8-4-3-5-9-13)25-14(17(27)28)10-6-7-11-24-19(30)20(21,22)23/h3-5,8-9,14-15,25H,2,6-7,10-12H2,1H3,(H,24,30)(H,27,28)/t14-,15+/m0/s1. The van der Waals surface area contributed by atoms with E-state index in [0.717, 1.165) is 0 Å². The highest BCUT2D eigenvalue weighted by molar-refractivity contribution is 5.99. The lowest BCUT2D eigenvalue weighted by Gasteiger charge is -2.22. The molecule has 1 aromatic rings. The number of hydrogen-bond donors (Lipinski definition) is 3. The number of halogens is 3. The van der Waals surface area contributed by atoms with Crippen molar-refractivity contribution < 1.29 is 42.2 Å². The van der Waals surface area contributed by atoms with Gasteiger partial charge < -0.3 is 15.2 Å². The van der Waals surface area contributed by atoms with Crippen LogP contribution in [0.5, 0.6) is 0 Å². The Hall–Kier alpha value is -2.95. The van der Waals surface area contributed by atoms with E-state index in [2.05, 4.69) is 5.32 Å². The predicted octanol–water partition coefficient (Wildman–Crippen LogP) is 2.08. The molecule has 0 spiro atoms. The zero-order valence-electron chi connectivity index (χ0n) is 16.9. The summed E-state index contributed by atoms with van der Waals surface area (Å²) in [6.07, 6.45) is -5.09. The Labute approximate surface area is 177 Å². The third kappa shape index (κ3) is 9.60. The molecule has 0 aliphatic carbocycles. The number of alkyl halides is 3. The number of carbonyl (C=O) groups excluding carboxylic acids is 3. The van der Waals surface area contributed by atoms with Crippen molar-refractivity contribution in [2.24, 2.45) is 0 Å². The fourth-order valence-electron chi connectivity index (χ4n) is 2.68. The normalized spacial score (nSPS) is 13.2. The SMILES string of the molecule is CCOC(=O)[C@@H](CC(=O)c1ccccc1)N[C@@H](CCCCNC(=O)C(F)(F)F)C(=O)O. The number of hydrogen-bond acceptors (Lipinski definition) is 6. The van der Waals surface area contributed by atoms with Gasteiger partial charge in [-0.2, -0.15) is 13.2 Å². The Kier molecular flexibility index (Phi) is 10.7. The quantitative estimate of drug-likeness (QED) is 0.241. The van der Waals surface area contributed by atoms with Crippen molar-refractivity contribution in [1.82, 2.24) is 10.6 Å². The molecule has 1 rings (SSSR count). The van der Waals surface area contributed by atoms with Gasteiger partial charge in [-0.05, 0) is 26.2 Å². The first-order valence-electron chi connectivity index (χ1n) is 9.65. The van der Waals surface area contributed by atoms with Crippen LogP contribution in [0.25, 0.3) is 0 Å². The molecule has 1 amide bonds. The Morgan fingerprint density at radius 3 is 2.26 bits per heavy atom. The summed E-state index contributed by atoms with van der Waals surface area (Å²) in [5.41, 5.74) is 0.353. The van der Waals surface area contributed by atoms with Gasteiger partial charge in [0.1, 0.15) is 12.1 Å². The zero-order valence-corrected chi connectivity index (χ0v) is 16.9. The monoisotopic (exact) mass is 446 g/mol. The highest BCUT2D eigenvalue weighted by Crippen LogP contribution is 2.14. The van der Waals surface area contributed by atoms with E-state index in [9.17, 15) is 37.5 Å². The van der Waals surface area contributed by atoms with Gasteiger partial charge in [-0.3, -0.25) is 24.5 Å². The Bertz CT molecular complexity index is 755. The van der Waals surface area contributed by atoms with Gasteiger partial charge in [-0.1, -0.05) is 30.3 Å². The van der Waals surface area contributed by atoms with Gasteiger partial charge >= 0.3 is 24.0 Å². The second kappa shape index (κ2) is 12.7. The average molecular weight is 446 g/mol. The van der Waals surface area contributed by atoms with Crippen molar-refractivity contribution in [3.8, 4) is 0 Å². The number of amides is 1. The maximum absolute atomic E-state index is 12.4. The number of carboxylic acids is 1. The van der Waals surface area contributed by atoms with Crippen molar-refractivity contribution in [1.29, 1.82) is 0 Å². The van der Waals surface area contributed by atoms with Crippen LogP contribution < -0.4 is 10.6 Å². The van der Waals surface area contributed by atoms with E-state index in [-0.39, 0.29) is 44.6 Å². The number of nitrogens with one attached hydrogen (secondary N) is 2. The lowest BCUT2D eigenvalue weighted by atomic mass is 10.0. The van der Waals surface area contributed by atoms with E-state index in [0.29, 0.717) is 5.56 Å². The second-order valence-electron chi connectivity index (χ2n) is 6.60. The van der Waals surface area contributed by atoms with Crippen molar-refractivity contribution in [2.75, 3.05) is 13.2 Å². The number of aliphatic carboxylic acids is 1. The molecule has 1 aromatic carbocycles. The molecule has 172 valence electrons. The van der Waals surface area contributed by atoms with Gasteiger partial charge in [0.2, 0.25) is 0 Å². The molecule has 0 aromatic heterocycles. The minimum atomic E-state index is -4.98. The highest BCUT2D eigenvalue weighted by atomic mass is 19.4. The van der Waals surface area contributed by atoms with Crippen LogP contribution in [0, 0.1) is 0 Å². The smallest absolute Gasteiger partial charge is 0.471 e. The number of esters is 1. The van der Waals surface area contributed by atoms with E-state index in [1.165, 1.54) is 0 Å². The van der Waals surface area contributed by atoms with E-state index in [1.807, 2.05) is 0 Å². The fourth-order valence-corrected chi connectivity index (χ4v) is 2.68. The molecular weight excluding hydrogens is 421 g/mol. The topological polar surface area (TPSA) is 122 Å². The van der Waals surface area contributed by atoms with E-state index in [1.54, 1.807) is 42.6 Å². The van der Waals surface area contributed by atoms with E-state index in [4.69, 9.17) is 4.74 Å². The Morgan fingerprint density at radius 2 is 1.71 bits per heavy atom. The van der Waals surface area contributed by atoms with Gasteiger partial charge in [0.25, 0.3) is 0 Å². The first-order chi connectivity index (χ1) is 14.6. The van der Waals surface area contributed by atoms with E-state index >= 15 is 0 Å². The number of ether oxygens (including phenoxy) is 1. The molecule has 0 heterocycles. The first-order valence-corrected chi connectivity index (χ1v) is 9.65. The number of carboxylic acid groups (broad SMARTS) is 1. The lowest BCUT2D eigenvalue weighted by molar-refractivity contribution is -0.173. The largest absolute Gasteiger partial charge is 0.480 e. The summed E-state index contributed by atoms with van der Waals surface area (Å²) < 4.78 is 41.3. The van der Waals surface area contributed by atoms with Gasteiger partial charge in [0.05, 0.1) is 6.61 Å². The minimum absolute atomic E-state index is 0.0349. The maximum Gasteiger partial charge on any atom is 0.471 e. The molecule has 3 N–H and O–H groups in total. The van der Waals surface area contributed by atoms with Crippen LogP contribution in [0.3, 0.4) is 0 Å². The number of benzene rings is 1. The second-order valence-corrected chi connectivity index (χ2v) is 6.60. The third-order valence-electron chi connectivity index (χ3n) is 4.22. The average Bonchev–Trinajstić information content (AvgIpc) is 2.71. The molecule has 0 aliphatic heterocycles. The number of carbonyl (C=O) groups is 4. The fraction of sp³-hybridized carbons (Fsp3) is 0.500. The number of unbranched alkanes of at least 4 members (excludes halogenated alkanes) is 1. The number of rotatable bonds is 13. The van der Waals surface area contributed by atoms with Crippen LogP contribution in [0.4, 0.5) is 13.2 Å². The van der Waals surface area contributed by atoms with E-state index < -0.39 is 36.1 Å². The predicted molar refractivity (Wildman–Crippen MR) is 103 cm³/mol. The summed E-state index contributed by atoms with van der Waals surface area (Å²) in [5.74, 6) is -4.52. The molecule has 0 fully saturated rings. The van der Waals surface area contributed by atoms with Crippen LogP contribution in [0.15, 0.2) is 30.3 Å². The molecule has 0 aliphatic rings. The molecule has 31 heavy (non-hydrogen) atoms. The van der Waals surface area contributed by atoms with Gasteiger partial charge in [-0.15, -0.1) is 0 Å². The van der Waals surface area contributed by atoms with Gasteiger partial charge in [0.15, 0.2) is 5.78 Å². The van der Waals surface area contributed by atoms with Crippen molar-refractivity contribution in [3.63, 3.8) is 0 Å². The lowest BCUT2D eigenvalue weighted by Crippen LogP contribution is -2.48. The Morgan fingerprint density at radius 1 is 1.06 bits per heavy atom. The van der Waals surface area contributed by atoms with Crippen molar-refractivity contribution in [3.05, 3.63) is 35.9 Å². The third-order valence-corrected chi connectivity index (χ3v) is 4.22.